The number of phenolic OH excluding ortho intramolecular Hbond substituents is 1. The first-order valence-electron chi connectivity index (χ1n) is 3.69. The van der Waals surface area contributed by atoms with Gasteiger partial charge in [0, 0.05) is 17.2 Å². The quantitative estimate of drug-likeness (QED) is 0.672. The molecule has 1 aromatic carbocycles. The molecule has 1 rings (SSSR count). The van der Waals surface area contributed by atoms with E-state index in [1.54, 1.807) is 13.8 Å². The lowest BCUT2D eigenvalue weighted by Crippen LogP contribution is -2.29. The Morgan fingerprint density at radius 1 is 1.42 bits per heavy atom. The SMILES string of the molecule is CC(C)(N)c1ccc(O)cc1F. The molecule has 3 heteroatoms. The maximum atomic E-state index is 13.1. The van der Waals surface area contributed by atoms with E-state index in [4.69, 9.17) is 10.8 Å². The first-order chi connectivity index (χ1) is 5.41. The fraction of sp³-hybridized carbons (Fsp3) is 0.333. The van der Waals surface area contributed by atoms with Crippen LogP contribution in [0, 0.1) is 5.82 Å². The second-order valence-corrected chi connectivity index (χ2v) is 3.39. The largest absolute Gasteiger partial charge is 0.508 e. The Balaban J connectivity index is 3.19. The first-order valence-corrected chi connectivity index (χ1v) is 3.69. The normalized spacial score (nSPS) is 11.7. The summed E-state index contributed by atoms with van der Waals surface area (Å²) in [5.41, 5.74) is 5.38. The van der Waals surface area contributed by atoms with Crippen LogP contribution in [-0.2, 0) is 5.54 Å². The van der Waals surface area contributed by atoms with Crippen molar-refractivity contribution in [2.75, 3.05) is 0 Å². The zero-order chi connectivity index (χ0) is 9.35. The Morgan fingerprint density at radius 2 is 2.00 bits per heavy atom. The molecule has 0 fully saturated rings. The van der Waals surface area contributed by atoms with Crippen LogP contribution in [0.5, 0.6) is 5.75 Å². The topological polar surface area (TPSA) is 46.2 Å². The second kappa shape index (κ2) is 2.75. The monoisotopic (exact) mass is 169 g/mol. The zero-order valence-electron chi connectivity index (χ0n) is 7.13. The molecule has 12 heavy (non-hydrogen) atoms. The third-order valence-electron chi connectivity index (χ3n) is 1.65. The van der Waals surface area contributed by atoms with Crippen molar-refractivity contribution in [2.45, 2.75) is 19.4 Å². The van der Waals surface area contributed by atoms with Crippen molar-refractivity contribution in [2.24, 2.45) is 5.73 Å². The number of halogens is 1. The van der Waals surface area contributed by atoms with E-state index in [0.717, 1.165) is 6.07 Å². The number of rotatable bonds is 1. The lowest BCUT2D eigenvalue weighted by Gasteiger charge is -2.19. The molecule has 0 aliphatic rings. The van der Waals surface area contributed by atoms with Crippen molar-refractivity contribution in [3.05, 3.63) is 29.6 Å². The molecule has 0 aliphatic heterocycles. The lowest BCUT2D eigenvalue weighted by molar-refractivity contribution is 0.458. The molecular formula is C9H12FNO. The van der Waals surface area contributed by atoms with Crippen LogP contribution in [-0.4, -0.2) is 5.11 Å². The summed E-state index contributed by atoms with van der Waals surface area (Å²) in [6, 6.07) is 3.97. The summed E-state index contributed by atoms with van der Waals surface area (Å²) >= 11 is 0. The summed E-state index contributed by atoms with van der Waals surface area (Å²) in [5, 5.41) is 8.92. The lowest BCUT2D eigenvalue weighted by atomic mass is 9.95. The predicted octanol–water partition coefficient (Wildman–Crippen LogP) is 1.73. The Labute approximate surface area is 70.8 Å². The van der Waals surface area contributed by atoms with E-state index in [1.807, 2.05) is 0 Å². The number of hydrogen-bond donors (Lipinski definition) is 2. The van der Waals surface area contributed by atoms with Gasteiger partial charge in [-0.25, -0.2) is 4.39 Å². The van der Waals surface area contributed by atoms with Crippen LogP contribution in [0.2, 0.25) is 0 Å². The maximum Gasteiger partial charge on any atom is 0.131 e. The summed E-state index contributed by atoms with van der Waals surface area (Å²) in [6.45, 7) is 3.42. The van der Waals surface area contributed by atoms with Crippen molar-refractivity contribution in [1.82, 2.24) is 0 Å². The van der Waals surface area contributed by atoms with Gasteiger partial charge in [-0.15, -0.1) is 0 Å². The molecule has 0 saturated carbocycles. The van der Waals surface area contributed by atoms with Crippen molar-refractivity contribution in [1.29, 1.82) is 0 Å². The van der Waals surface area contributed by atoms with Crippen molar-refractivity contribution >= 4 is 0 Å². The van der Waals surface area contributed by atoms with Gasteiger partial charge in [-0.2, -0.15) is 0 Å². The van der Waals surface area contributed by atoms with E-state index in [2.05, 4.69) is 0 Å². The molecule has 2 nitrogen and oxygen atoms in total. The molecule has 0 atom stereocenters. The molecule has 0 unspecified atom stereocenters. The van der Waals surface area contributed by atoms with E-state index in [1.165, 1.54) is 12.1 Å². The van der Waals surface area contributed by atoms with Gasteiger partial charge in [0.25, 0.3) is 0 Å². The number of benzene rings is 1. The van der Waals surface area contributed by atoms with Gasteiger partial charge in [-0.3, -0.25) is 0 Å². The highest BCUT2D eigenvalue weighted by atomic mass is 19.1. The molecule has 0 saturated heterocycles. The molecule has 0 amide bonds. The minimum atomic E-state index is -0.711. The summed E-state index contributed by atoms with van der Waals surface area (Å²) < 4.78 is 13.1. The molecule has 66 valence electrons. The average Bonchev–Trinajstić information content (AvgIpc) is 1.83. The zero-order valence-corrected chi connectivity index (χ0v) is 7.13. The number of nitrogens with two attached hydrogens (primary N) is 1. The van der Waals surface area contributed by atoms with Crippen LogP contribution in [0.15, 0.2) is 18.2 Å². The van der Waals surface area contributed by atoms with Crippen LogP contribution < -0.4 is 5.73 Å². The summed E-state index contributed by atoms with van der Waals surface area (Å²) in [6.07, 6.45) is 0. The van der Waals surface area contributed by atoms with Crippen molar-refractivity contribution < 1.29 is 9.50 Å². The third kappa shape index (κ3) is 1.74. The van der Waals surface area contributed by atoms with Gasteiger partial charge in [-0.05, 0) is 19.9 Å². The summed E-state index contributed by atoms with van der Waals surface area (Å²) in [4.78, 5) is 0. The predicted molar refractivity (Wildman–Crippen MR) is 45.3 cm³/mol. The number of hydrogen-bond acceptors (Lipinski definition) is 2. The van der Waals surface area contributed by atoms with Gasteiger partial charge in [0.1, 0.15) is 11.6 Å². The number of phenols is 1. The van der Waals surface area contributed by atoms with Crippen molar-refractivity contribution in [3.63, 3.8) is 0 Å². The molecule has 1 aromatic rings. The Morgan fingerprint density at radius 3 is 2.42 bits per heavy atom. The highest BCUT2D eigenvalue weighted by molar-refractivity contribution is 5.31. The van der Waals surface area contributed by atoms with Crippen LogP contribution in [0.1, 0.15) is 19.4 Å². The van der Waals surface area contributed by atoms with Gasteiger partial charge in [-0.1, -0.05) is 6.07 Å². The van der Waals surface area contributed by atoms with Crippen LogP contribution in [0.4, 0.5) is 4.39 Å². The van der Waals surface area contributed by atoms with Gasteiger partial charge in [0.2, 0.25) is 0 Å². The van der Waals surface area contributed by atoms with E-state index in [0.29, 0.717) is 5.56 Å². The standard InChI is InChI=1S/C9H12FNO/c1-9(2,11)7-4-3-6(12)5-8(7)10/h3-5,12H,11H2,1-2H3. The molecule has 0 aromatic heterocycles. The number of aromatic hydroxyl groups is 1. The molecule has 0 heterocycles. The summed E-state index contributed by atoms with van der Waals surface area (Å²) in [7, 11) is 0. The highest BCUT2D eigenvalue weighted by Crippen LogP contribution is 2.23. The smallest absolute Gasteiger partial charge is 0.131 e. The van der Waals surface area contributed by atoms with Gasteiger partial charge < -0.3 is 10.8 Å². The third-order valence-corrected chi connectivity index (χ3v) is 1.65. The Hall–Kier alpha value is -1.09. The van der Waals surface area contributed by atoms with Gasteiger partial charge >= 0.3 is 0 Å². The maximum absolute atomic E-state index is 13.1. The second-order valence-electron chi connectivity index (χ2n) is 3.39. The Bertz CT molecular complexity index is 291. The first kappa shape index (κ1) is 9.00. The average molecular weight is 169 g/mol. The Kier molecular flexibility index (Phi) is 2.06. The molecular weight excluding hydrogens is 157 g/mol. The van der Waals surface area contributed by atoms with Crippen LogP contribution in [0.3, 0.4) is 0 Å². The van der Waals surface area contributed by atoms with E-state index in [-0.39, 0.29) is 5.75 Å². The molecule has 3 N–H and O–H groups in total. The molecule has 0 aliphatic carbocycles. The van der Waals surface area contributed by atoms with E-state index < -0.39 is 11.4 Å². The fourth-order valence-electron chi connectivity index (χ4n) is 1.03. The van der Waals surface area contributed by atoms with E-state index >= 15 is 0 Å². The molecule has 0 spiro atoms. The van der Waals surface area contributed by atoms with Crippen LogP contribution in [0.25, 0.3) is 0 Å². The van der Waals surface area contributed by atoms with Crippen LogP contribution >= 0.6 is 0 Å². The molecule has 0 bridgehead atoms. The van der Waals surface area contributed by atoms with Gasteiger partial charge in [0.15, 0.2) is 0 Å². The fourth-order valence-corrected chi connectivity index (χ4v) is 1.03. The van der Waals surface area contributed by atoms with E-state index in [9.17, 15) is 4.39 Å². The van der Waals surface area contributed by atoms with Gasteiger partial charge in [0.05, 0.1) is 0 Å². The highest BCUT2D eigenvalue weighted by Gasteiger charge is 2.18. The summed E-state index contributed by atoms with van der Waals surface area (Å²) in [5.74, 6) is -0.553. The molecule has 0 radical (unpaired) electrons. The minimum Gasteiger partial charge on any atom is -0.508 e. The van der Waals surface area contributed by atoms with Crippen molar-refractivity contribution in [3.8, 4) is 5.75 Å². The minimum absolute atomic E-state index is 0.0829.